The number of piperidine rings is 1. The summed E-state index contributed by atoms with van der Waals surface area (Å²) < 4.78 is 0. The van der Waals surface area contributed by atoms with E-state index in [2.05, 4.69) is 15.3 Å². The van der Waals surface area contributed by atoms with Gasteiger partial charge in [0.15, 0.2) is 5.69 Å². The molecule has 126 valence electrons. The van der Waals surface area contributed by atoms with E-state index >= 15 is 0 Å². The molecule has 3 heterocycles. The fraction of sp³-hybridized carbons (Fsp3) is 0.312. The van der Waals surface area contributed by atoms with Crippen LogP contribution in [0.1, 0.15) is 33.8 Å². The highest BCUT2D eigenvalue weighted by molar-refractivity contribution is 6.30. The number of aromatic amines is 1. The average molecular weight is 349 g/mol. The predicted molar refractivity (Wildman–Crippen MR) is 89.5 cm³/mol. The number of carbonyl (C=O) groups is 2. The van der Waals surface area contributed by atoms with Gasteiger partial charge >= 0.3 is 5.97 Å². The van der Waals surface area contributed by atoms with Crippen molar-refractivity contribution in [3.63, 3.8) is 0 Å². The van der Waals surface area contributed by atoms with E-state index in [9.17, 15) is 9.59 Å². The number of amides is 1. The van der Waals surface area contributed by atoms with Crippen molar-refractivity contribution in [1.82, 2.24) is 14.9 Å². The highest BCUT2D eigenvalue weighted by Crippen LogP contribution is 2.18. The van der Waals surface area contributed by atoms with Crippen molar-refractivity contribution in [2.24, 2.45) is 0 Å². The second-order valence-electron chi connectivity index (χ2n) is 5.66. The first-order valence-electron chi connectivity index (χ1n) is 7.63. The van der Waals surface area contributed by atoms with E-state index in [0.717, 1.165) is 12.8 Å². The molecule has 7 nitrogen and oxygen atoms in total. The summed E-state index contributed by atoms with van der Waals surface area (Å²) in [7, 11) is 0. The van der Waals surface area contributed by atoms with Crippen molar-refractivity contribution in [1.29, 1.82) is 0 Å². The lowest BCUT2D eigenvalue weighted by atomic mass is 10.0. The molecule has 0 aromatic carbocycles. The molecule has 1 amide bonds. The number of aromatic nitrogens is 2. The fourth-order valence-electron chi connectivity index (χ4n) is 2.73. The largest absolute Gasteiger partial charge is 0.477 e. The van der Waals surface area contributed by atoms with Gasteiger partial charge in [0, 0.05) is 25.3 Å². The molecule has 0 saturated carbocycles. The maximum Gasteiger partial charge on any atom is 0.354 e. The van der Waals surface area contributed by atoms with Crippen LogP contribution in [0.15, 0.2) is 30.5 Å². The molecule has 0 unspecified atom stereocenters. The zero-order valence-corrected chi connectivity index (χ0v) is 13.6. The topological polar surface area (TPSA) is 98.3 Å². The van der Waals surface area contributed by atoms with Gasteiger partial charge in [0.05, 0.1) is 5.02 Å². The van der Waals surface area contributed by atoms with Gasteiger partial charge in [-0.25, -0.2) is 9.78 Å². The molecule has 1 aliphatic heterocycles. The lowest BCUT2D eigenvalue weighted by molar-refractivity contribution is 0.0686. The molecule has 1 fully saturated rings. The first-order chi connectivity index (χ1) is 11.5. The number of anilines is 1. The molecular formula is C16H17ClN4O3. The van der Waals surface area contributed by atoms with E-state index in [1.54, 1.807) is 29.3 Å². The Bertz CT molecular complexity index is 753. The van der Waals surface area contributed by atoms with Gasteiger partial charge in [0.2, 0.25) is 0 Å². The molecule has 0 aliphatic carbocycles. The summed E-state index contributed by atoms with van der Waals surface area (Å²) in [6, 6.07) is 6.63. The zero-order chi connectivity index (χ0) is 17.1. The lowest BCUT2D eigenvalue weighted by Crippen LogP contribution is -2.42. The highest BCUT2D eigenvalue weighted by Gasteiger charge is 2.24. The van der Waals surface area contributed by atoms with E-state index in [1.807, 2.05) is 0 Å². The molecule has 1 aliphatic rings. The van der Waals surface area contributed by atoms with Gasteiger partial charge in [-0.15, -0.1) is 0 Å². The van der Waals surface area contributed by atoms with Gasteiger partial charge in [-0.05, 0) is 31.0 Å². The molecule has 3 N–H and O–H groups in total. The maximum atomic E-state index is 12.3. The molecule has 24 heavy (non-hydrogen) atoms. The summed E-state index contributed by atoms with van der Waals surface area (Å²) in [5.41, 5.74) is 0.499. The standard InChI is InChI=1S/C16H17ClN4O3/c17-10-8-13(18-9-10)15(22)21-6-4-11(5-7-21)19-14-3-1-2-12(20-14)16(23)24/h1-3,8-9,11,18H,4-7H2,(H,19,20)(H,23,24). The van der Waals surface area contributed by atoms with Crippen molar-refractivity contribution in [2.75, 3.05) is 18.4 Å². The number of nitrogens with one attached hydrogen (secondary N) is 2. The predicted octanol–water partition coefficient (Wildman–Crippen LogP) is 2.48. The number of H-pyrrole nitrogens is 1. The van der Waals surface area contributed by atoms with Gasteiger partial charge in [-0.2, -0.15) is 0 Å². The number of nitrogens with zero attached hydrogens (tertiary/aromatic N) is 2. The number of halogens is 1. The third-order valence-corrected chi connectivity index (χ3v) is 4.20. The number of carbonyl (C=O) groups excluding carboxylic acids is 1. The summed E-state index contributed by atoms with van der Waals surface area (Å²) >= 11 is 5.83. The van der Waals surface area contributed by atoms with Crippen LogP contribution in [-0.4, -0.2) is 51.0 Å². The Balaban J connectivity index is 1.56. The Hall–Kier alpha value is -2.54. The summed E-state index contributed by atoms with van der Waals surface area (Å²) in [4.78, 5) is 32.0. The van der Waals surface area contributed by atoms with Crippen LogP contribution in [0.3, 0.4) is 0 Å². The molecule has 2 aromatic heterocycles. The maximum absolute atomic E-state index is 12.3. The van der Waals surface area contributed by atoms with E-state index in [4.69, 9.17) is 16.7 Å². The molecule has 0 radical (unpaired) electrons. The van der Waals surface area contributed by atoms with E-state index in [-0.39, 0.29) is 17.6 Å². The van der Waals surface area contributed by atoms with Crippen LogP contribution in [0.5, 0.6) is 0 Å². The number of carboxylic acids is 1. The molecule has 8 heteroatoms. The Morgan fingerprint density at radius 1 is 1.33 bits per heavy atom. The van der Waals surface area contributed by atoms with Gasteiger partial charge in [0.25, 0.3) is 5.91 Å². The van der Waals surface area contributed by atoms with Crippen LogP contribution in [0, 0.1) is 0 Å². The van der Waals surface area contributed by atoms with Gasteiger partial charge < -0.3 is 20.3 Å². The van der Waals surface area contributed by atoms with Crippen LogP contribution in [0.4, 0.5) is 5.82 Å². The van der Waals surface area contributed by atoms with Crippen molar-refractivity contribution >= 4 is 29.3 Å². The minimum atomic E-state index is -1.05. The van der Waals surface area contributed by atoms with Crippen LogP contribution >= 0.6 is 11.6 Å². The van der Waals surface area contributed by atoms with E-state index in [0.29, 0.717) is 29.6 Å². The van der Waals surface area contributed by atoms with Crippen LogP contribution in [0.2, 0.25) is 5.02 Å². The van der Waals surface area contributed by atoms with E-state index < -0.39 is 5.97 Å². The minimum absolute atomic E-state index is 0.0104. The number of hydrogen-bond acceptors (Lipinski definition) is 4. The Morgan fingerprint density at radius 3 is 2.71 bits per heavy atom. The van der Waals surface area contributed by atoms with E-state index in [1.165, 1.54) is 6.07 Å². The molecule has 0 atom stereocenters. The molecule has 0 spiro atoms. The monoisotopic (exact) mass is 348 g/mol. The number of likely N-dealkylation sites (tertiary alicyclic amines) is 1. The fourth-order valence-corrected chi connectivity index (χ4v) is 2.90. The second-order valence-corrected chi connectivity index (χ2v) is 6.09. The number of rotatable bonds is 4. The number of aromatic carboxylic acids is 1. The van der Waals surface area contributed by atoms with Crippen molar-refractivity contribution in [2.45, 2.75) is 18.9 Å². The Kier molecular flexibility index (Phi) is 4.71. The molecule has 3 rings (SSSR count). The van der Waals surface area contributed by atoms with Gasteiger partial charge in [0.1, 0.15) is 11.5 Å². The normalized spacial score (nSPS) is 15.3. The highest BCUT2D eigenvalue weighted by atomic mass is 35.5. The van der Waals surface area contributed by atoms with Gasteiger partial charge in [-0.3, -0.25) is 4.79 Å². The Morgan fingerprint density at radius 2 is 2.08 bits per heavy atom. The number of hydrogen-bond donors (Lipinski definition) is 3. The van der Waals surface area contributed by atoms with Gasteiger partial charge in [-0.1, -0.05) is 17.7 Å². The van der Waals surface area contributed by atoms with Crippen molar-refractivity contribution in [3.8, 4) is 0 Å². The summed E-state index contributed by atoms with van der Waals surface area (Å²) in [6.45, 7) is 1.23. The molecular weight excluding hydrogens is 332 g/mol. The summed E-state index contributed by atoms with van der Waals surface area (Å²) in [5.74, 6) is -0.578. The average Bonchev–Trinajstić information content (AvgIpc) is 3.01. The number of pyridine rings is 1. The molecule has 0 bridgehead atoms. The second kappa shape index (κ2) is 6.92. The first-order valence-corrected chi connectivity index (χ1v) is 8.01. The third kappa shape index (κ3) is 3.68. The SMILES string of the molecule is O=C(O)c1cccc(NC2CCN(C(=O)c3cc(Cl)c[nH]3)CC2)n1. The molecule has 2 aromatic rings. The molecule has 1 saturated heterocycles. The van der Waals surface area contributed by atoms with Crippen LogP contribution < -0.4 is 5.32 Å². The lowest BCUT2D eigenvalue weighted by Gasteiger charge is -2.32. The van der Waals surface area contributed by atoms with Crippen molar-refractivity contribution in [3.05, 3.63) is 46.9 Å². The summed E-state index contributed by atoms with van der Waals surface area (Å²) in [5, 5.41) is 12.7. The Labute approximate surface area is 143 Å². The summed E-state index contributed by atoms with van der Waals surface area (Å²) in [6.07, 6.45) is 3.11. The smallest absolute Gasteiger partial charge is 0.354 e. The third-order valence-electron chi connectivity index (χ3n) is 3.98. The van der Waals surface area contributed by atoms with Crippen LogP contribution in [-0.2, 0) is 0 Å². The number of carboxylic acid groups (broad SMARTS) is 1. The first kappa shape index (κ1) is 16.3. The quantitative estimate of drug-likeness (QED) is 0.788. The zero-order valence-electron chi connectivity index (χ0n) is 12.8. The van der Waals surface area contributed by atoms with Crippen LogP contribution in [0.25, 0.3) is 0 Å². The van der Waals surface area contributed by atoms with Crippen molar-refractivity contribution < 1.29 is 14.7 Å². The minimum Gasteiger partial charge on any atom is -0.477 e.